The number of nitrogens with two attached hydrogens (primary N) is 1. The molecule has 1 amide bonds. The second-order valence-electron chi connectivity index (χ2n) is 3.24. The molecule has 0 spiro atoms. The number of anilines is 1. The quantitative estimate of drug-likeness (QED) is 0.656. The second kappa shape index (κ2) is 3.71. The molecule has 0 atom stereocenters. The van der Waals surface area contributed by atoms with Crippen LogP contribution in [0, 0.1) is 0 Å². The molecule has 2 heterocycles. The van der Waals surface area contributed by atoms with E-state index < -0.39 is 0 Å². The van der Waals surface area contributed by atoms with Gasteiger partial charge in [0, 0.05) is 32.2 Å². The fourth-order valence-corrected chi connectivity index (χ4v) is 1.49. The summed E-state index contributed by atoms with van der Waals surface area (Å²) in [6, 6.07) is 3.20. The number of hydrogen-bond acceptors (Lipinski definition) is 4. The van der Waals surface area contributed by atoms with E-state index >= 15 is 0 Å². The van der Waals surface area contributed by atoms with Gasteiger partial charge in [-0.05, 0) is 6.07 Å². The number of amides is 1. The first-order valence-corrected chi connectivity index (χ1v) is 4.62. The van der Waals surface area contributed by atoms with E-state index in [0.717, 1.165) is 26.2 Å². The van der Waals surface area contributed by atoms with Crippen LogP contribution < -0.4 is 11.1 Å². The number of nitrogens with one attached hydrogen (secondary N) is 1. The summed E-state index contributed by atoms with van der Waals surface area (Å²) in [5.74, 6) is 0.524. The number of nitrogens with zero attached hydrogens (tertiary/aromatic N) is 1. The van der Waals surface area contributed by atoms with Crippen molar-refractivity contribution < 1.29 is 9.21 Å². The van der Waals surface area contributed by atoms with E-state index in [-0.39, 0.29) is 11.8 Å². The molecule has 1 aromatic rings. The number of carbonyl (C=O) groups excluding carboxylic acids is 1. The molecule has 0 aliphatic carbocycles. The van der Waals surface area contributed by atoms with Gasteiger partial charge >= 0.3 is 0 Å². The Morgan fingerprint density at radius 2 is 2.14 bits per heavy atom. The van der Waals surface area contributed by atoms with Crippen molar-refractivity contribution in [2.24, 2.45) is 0 Å². The van der Waals surface area contributed by atoms with E-state index in [2.05, 4.69) is 5.32 Å². The van der Waals surface area contributed by atoms with Gasteiger partial charge in [-0.1, -0.05) is 0 Å². The predicted molar refractivity (Wildman–Crippen MR) is 51.9 cm³/mol. The number of piperazine rings is 1. The van der Waals surface area contributed by atoms with Gasteiger partial charge in [0.25, 0.3) is 5.91 Å². The molecule has 0 aromatic carbocycles. The van der Waals surface area contributed by atoms with E-state index in [9.17, 15) is 4.79 Å². The minimum atomic E-state index is -0.0804. The molecule has 5 heteroatoms. The molecule has 1 aliphatic rings. The van der Waals surface area contributed by atoms with Gasteiger partial charge in [0.1, 0.15) is 0 Å². The Bertz CT molecular complexity index is 329. The number of nitrogen functional groups attached to an aromatic ring is 1. The van der Waals surface area contributed by atoms with E-state index in [1.54, 1.807) is 17.0 Å². The zero-order valence-corrected chi connectivity index (χ0v) is 7.82. The summed E-state index contributed by atoms with van der Waals surface area (Å²) in [6.07, 6.45) is 0. The first kappa shape index (κ1) is 9.08. The Hall–Kier alpha value is -1.49. The lowest BCUT2D eigenvalue weighted by Gasteiger charge is -2.26. The zero-order chi connectivity index (χ0) is 9.97. The second-order valence-corrected chi connectivity index (χ2v) is 3.24. The van der Waals surface area contributed by atoms with Crippen LogP contribution in [0.5, 0.6) is 0 Å². The van der Waals surface area contributed by atoms with E-state index in [0.29, 0.717) is 5.76 Å². The van der Waals surface area contributed by atoms with Crippen molar-refractivity contribution in [3.63, 3.8) is 0 Å². The number of furan rings is 1. The molecular formula is C9H13N3O2. The van der Waals surface area contributed by atoms with E-state index in [1.165, 1.54) is 0 Å². The van der Waals surface area contributed by atoms with Gasteiger partial charge in [0.05, 0.1) is 0 Å². The van der Waals surface area contributed by atoms with Crippen molar-refractivity contribution in [1.29, 1.82) is 0 Å². The van der Waals surface area contributed by atoms with Crippen molar-refractivity contribution in [2.75, 3.05) is 31.9 Å². The normalized spacial score (nSPS) is 17.0. The Labute approximate surface area is 81.9 Å². The lowest BCUT2D eigenvalue weighted by atomic mass is 10.3. The minimum absolute atomic E-state index is 0.0804. The van der Waals surface area contributed by atoms with Crippen LogP contribution in [0.15, 0.2) is 16.5 Å². The summed E-state index contributed by atoms with van der Waals surface area (Å²) in [5, 5.41) is 3.18. The Morgan fingerprint density at radius 3 is 2.71 bits per heavy atom. The third-order valence-corrected chi connectivity index (χ3v) is 2.24. The van der Waals surface area contributed by atoms with Crippen LogP contribution in [0.3, 0.4) is 0 Å². The summed E-state index contributed by atoms with van der Waals surface area (Å²) in [5.41, 5.74) is 5.40. The molecule has 1 aromatic heterocycles. The smallest absolute Gasteiger partial charge is 0.289 e. The van der Waals surface area contributed by atoms with Gasteiger partial charge in [0.2, 0.25) is 0 Å². The highest BCUT2D eigenvalue weighted by Crippen LogP contribution is 2.12. The molecule has 1 aliphatic heterocycles. The van der Waals surface area contributed by atoms with Crippen LogP contribution in [-0.4, -0.2) is 37.0 Å². The molecule has 0 bridgehead atoms. The maximum atomic E-state index is 11.8. The molecular weight excluding hydrogens is 182 g/mol. The summed E-state index contributed by atoms with van der Waals surface area (Å²) in [7, 11) is 0. The Kier molecular flexibility index (Phi) is 2.41. The van der Waals surface area contributed by atoms with Crippen molar-refractivity contribution in [2.45, 2.75) is 0 Å². The lowest BCUT2D eigenvalue weighted by molar-refractivity contribution is 0.0705. The highest BCUT2D eigenvalue weighted by molar-refractivity contribution is 5.91. The fourth-order valence-electron chi connectivity index (χ4n) is 1.49. The highest BCUT2D eigenvalue weighted by atomic mass is 16.4. The van der Waals surface area contributed by atoms with Gasteiger partial charge < -0.3 is 20.4 Å². The Morgan fingerprint density at radius 1 is 1.43 bits per heavy atom. The first-order chi connectivity index (χ1) is 6.77. The van der Waals surface area contributed by atoms with Gasteiger partial charge in [-0.2, -0.15) is 0 Å². The molecule has 0 saturated carbocycles. The third kappa shape index (κ3) is 1.72. The molecule has 2 rings (SSSR count). The summed E-state index contributed by atoms with van der Waals surface area (Å²) < 4.78 is 5.06. The van der Waals surface area contributed by atoms with Gasteiger partial charge in [-0.15, -0.1) is 0 Å². The SMILES string of the molecule is Nc1ccc(C(=O)N2CCNCC2)o1. The molecule has 1 fully saturated rings. The van der Waals surface area contributed by atoms with E-state index in [4.69, 9.17) is 10.2 Å². The van der Waals surface area contributed by atoms with Crippen molar-refractivity contribution in [3.05, 3.63) is 17.9 Å². The molecule has 14 heavy (non-hydrogen) atoms. The average Bonchev–Trinajstić information content (AvgIpc) is 2.65. The maximum absolute atomic E-state index is 11.8. The topological polar surface area (TPSA) is 71.5 Å². The largest absolute Gasteiger partial charge is 0.436 e. The van der Waals surface area contributed by atoms with Crippen LogP contribution in [0.25, 0.3) is 0 Å². The van der Waals surface area contributed by atoms with Crippen LogP contribution in [-0.2, 0) is 0 Å². The van der Waals surface area contributed by atoms with Gasteiger partial charge in [-0.3, -0.25) is 4.79 Å². The number of carbonyl (C=O) groups is 1. The van der Waals surface area contributed by atoms with Crippen molar-refractivity contribution >= 4 is 11.8 Å². The fraction of sp³-hybridized carbons (Fsp3) is 0.444. The predicted octanol–water partition coefficient (Wildman–Crippen LogP) is -0.0928. The van der Waals surface area contributed by atoms with Crippen LogP contribution in [0.1, 0.15) is 10.6 Å². The zero-order valence-electron chi connectivity index (χ0n) is 7.82. The van der Waals surface area contributed by atoms with Crippen LogP contribution in [0.2, 0.25) is 0 Å². The third-order valence-electron chi connectivity index (χ3n) is 2.24. The number of hydrogen-bond donors (Lipinski definition) is 2. The van der Waals surface area contributed by atoms with E-state index in [1.807, 2.05) is 0 Å². The maximum Gasteiger partial charge on any atom is 0.289 e. The minimum Gasteiger partial charge on any atom is -0.436 e. The summed E-state index contributed by atoms with van der Waals surface area (Å²) in [6.45, 7) is 3.11. The van der Waals surface area contributed by atoms with Crippen molar-refractivity contribution in [1.82, 2.24) is 10.2 Å². The standard InChI is InChI=1S/C9H13N3O2/c10-8-2-1-7(14-8)9(13)12-5-3-11-4-6-12/h1-2,11H,3-6,10H2. The number of rotatable bonds is 1. The first-order valence-electron chi connectivity index (χ1n) is 4.62. The molecule has 5 nitrogen and oxygen atoms in total. The van der Waals surface area contributed by atoms with Crippen LogP contribution >= 0.6 is 0 Å². The average molecular weight is 195 g/mol. The molecule has 0 unspecified atom stereocenters. The lowest BCUT2D eigenvalue weighted by Crippen LogP contribution is -2.46. The molecule has 1 saturated heterocycles. The highest BCUT2D eigenvalue weighted by Gasteiger charge is 2.20. The molecule has 3 N–H and O–H groups in total. The van der Waals surface area contributed by atoms with Crippen LogP contribution in [0.4, 0.5) is 5.88 Å². The van der Waals surface area contributed by atoms with Gasteiger partial charge in [-0.25, -0.2) is 0 Å². The molecule has 0 radical (unpaired) electrons. The molecule has 76 valence electrons. The van der Waals surface area contributed by atoms with Gasteiger partial charge in [0.15, 0.2) is 11.6 Å². The monoisotopic (exact) mass is 195 g/mol. The van der Waals surface area contributed by atoms with Crippen molar-refractivity contribution in [3.8, 4) is 0 Å². The summed E-state index contributed by atoms with van der Waals surface area (Å²) >= 11 is 0. The summed E-state index contributed by atoms with van der Waals surface area (Å²) in [4.78, 5) is 13.5. The Balaban J connectivity index is 2.07.